The minimum Gasteiger partial charge on any atom is -0.444 e. The fraction of sp³-hybridized carbons (Fsp3) is 0.565. The van der Waals surface area contributed by atoms with Crippen molar-refractivity contribution < 1.29 is 9.53 Å². The number of nitrogens with one attached hydrogen (secondary N) is 4. The molecular formula is C23H38IN7O2. The first-order chi connectivity index (χ1) is 15.3. The van der Waals surface area contributed by atoms with Gasteiger partial charge in [0.05, 0.1) is 6.54 Å². The van der Waals surface area contributed by atoms with Gasteiger partial charge in [0, 0.05) is 24.7 Å². The Morgan fingerprint density at radius 2 is 2.03 bits per heavy atom. The normalized spacial score (nSPS) is 12.5. The number of alkyl carbamates (subject to hydrolysis) is 1. The van der Waals surface area contributed by atoms with Gasteiger partial charge < -0.3 is 20.7 Å². The highest BCUT2D eigenvalue weighted by molar-refractivity contribution is 14.0. The van der Waals surface area contributed by atoms with Crippen molar-refractivity contribution in [1.29, 1.82) is 0 Å². The summed E-state index contributed by atoms with van der Waals surface area (Å²) in [7, 11) is 0. The number of ether oxygens (including phenoxy) is 1. The van der Waals surface area contributed by atoms with E-state index in [1.807, 2.05) is 52.0 Å². The van der Waals surface area contributed by atoms with Gasteiger partial charge in [-0.05, 0) is 45.7 Å². The Balaban J connectivity index is 0.00000544. The molecule has 0 aliphatic rings. The van der Waals surface area contributed by atoms with Gasteiger partial charge in [-0.1, -0.05) is 38.0 Å². The highest BCUT2D eigenvalue weighted by Crippen LogP contribution is 2.16. The second-order valence-corrected chi connectivity index (χ2v) is 8.60. The monoisotopic (exact) mass is 571 g/mol. The van der Waals surface area contributed by atoms with E-state index in [1.54, 1.807) is 0 Å². The zero-order valence-corrected chi connectivity index (χ0v) is 22.6. The highest BCUT2D eigenvalue weighted by Gasteiger charge is 2.18. The Morgan fingerprint density at radius 1 is 1.24 bits per heavy atom. The number of aromatic nitrogens is 3. The Labute approximate surface area is 214 Å². The van der Waals surface area contributed by atoms with Gasteiger partial charge >= 0.3 is 6.09 Å². The second kappa shape index (κ2) is 14.7. The van der Waals surface area contributed by atoms with Crippen molar-refractivity contribution in [2.24, 2.45) is 4.99 Å². The number of H-pyrrole nitrogens is 1. The highest BCUT2D eigenvalue weighted by atomic mass is 127. The van der Waals surface area contributed by atoms with E-state index in [2.05, 4.69) is 38.1 Å². The van der Waals surface area contributed by atoms with Crippen LogP contribution in [0.5, 0.6) is 0 Å². The molecule has 1 aromatic carbocycles. The van der Waals surface area contributed by atoms with Gasteiger partial charge in [-0.15, -0.1) is 24.0 Å². The van der Waals surface area contributed by atoms with Crippen molar-refractivity contribution in [1.82, 2.24) is 31.1 Å². The number of hydrogen-bond acceptors (Lipinski definition) is 5. The first kappa shape index (κ1) is 28.7. The molecule has 184 valence electrons. The first-order valence-electron chi connectivity index (χ1n) is 11.3. The summed E-state index contributed by atoms with van der Waals surface area (Å²) in [5.41, 5.74) is 1.51. The van der Waals surface area contributed by atoms with E-state index in [4.69, 9.17) is 9.73 Å². The van der Waals surface area contributed by atoms with Crippen molar-refractivity contribution >= 4 is 36.0 Å². The van der Waals surface area contributed by atoms with Gasteiger partial charge in [0.1, 0.15) is 11.9 Å². The molecule has 0 radical (unpaired) electrons. The molecule has 9 nitrogen and oxygen atoms in total. The summed E-state index contributed by atoms with van der Waals surface area (Å²) in [6, 6.07) is 8.09. The number of nitrogens with zero attached hydrogens (tertiary/aromatic N) is 3. The van der Waals surface area contributed by atoms with Crippen molar-refractivity contribution in [2.75, 3.05) is 13.1 Å². The number of unbranched alkanes of at least 4 members (excludes halogenated alkanes) is 1. The Kier molecular flexibility index (Phi) is 12.8. The summed E-state index contributed by atoms with van der Waals surface area (Å²) < 4.78 is 5.36. The molecule has 0 saturated heterocycles. The summed E-state index contributed by atoms with van der Waals surface area (Å²) in [6.07, 6.45) is 4.12. The molecule has 0 spiro atoms. The number of halogens is 1. The van der Waals surface area contributed by atoms with Crippen LogP contribution < -0.4 is 16.0 Å². The lowest BCUT2D eigenvalue weighted by Gasteiger charge is -2.24. The molecule has 1 heterocycles. The molecule has 2 rings (SSSR count). The number of hydrogen-bond donors (Lipinski definition) is 4. The molecule has 1 aromatic heterocycles. The minimum absolute atomic E-state index is 0. The predicted molar refractivity (Wildman–Crippen MR) is 143 cm³/mol. The van der Waals surface area contributed by atoms with Crippen molar-refractivity contribution in [3.05, 3.63) is 36.2 Å². The number of benzene rings is 1. The number of aliphatic imine (C=N–C) groups is 1. The van der Waals surface area contributed by atoms with Crippen LogP contribution in [-0.4, -0.2) is 52.0 Å². The maximum Gasteiger partial charge on any atom is 0.407 e. The Bertz CT molecular complexity index is 851. The van der Waals surface area contributed by atoms with Gasteiger partial charge in [-0.25, -0.2) is 14.8 Å². The van der Waals surface area contributed by atoms with Gasteiger partial charge in [-0.3, -0.25) is 5.10 Å². The summed E-state index contributed by atoms with van der Waals surface area (Å²) in [6.45, 7) is 11.5. The lowest BCUT2D eigenvalue weighted by Crippen LogP contribution is -2.49. The Hall–Kier alpha value is -2.37. The molecule has 10 heteroatoms. The SMILES string of the molecule is CCCCC(CNC(=O)OC(C)(C)C)NC(=NCc1cccc(-c2ncn[nH]2)c1)NCC.I. The van der Waals surface area contributed by atoms with Gasteiger partial charge in [-0.2, -0.15) is 5.10 Å². The minimum atomic E-state index is -0.521. The number of rotatable bonds is 10. The topological polar surface area (TPSA) is 116 Å². The lowest BCUT2D eigenvalue weighted by atomic mass is 10.1. The fourth-order valence-corrected chi connectivity index (χ4v) is 3.04. The van der Waals surface area contributed by atoms with Crippen LogP contribution in [0.3, 0.4) is 0 Å². The second-order valence-electron chi connectivity index (χ2n) is 8.60. The molecule has 1 amide bonds. The maximum absolute atomic E-state index is 12.1. The summed E-state index contributed by atoms with van der Waals surface area (Å²) in [4.78, 5) is 21.0. The predicted octanol–water partition coefficient (Wildman–Crippen LogP) is 4.23. The van der Waals surface area contributed by atoms with Crippen LogP contribution in [0, 0.1) is 0 Å². The van der Waals surface area contributed by atoms with Gasteiger partial charge in [0.15, 0.2) is 11.8 Å². The lowest BCUT2D eigenvalue weighted by molar-refractivity contribution is 0.0522. The first-order valence-corrected chi connectivity index (χ1v) is 11.3. The van der Waals surface area contributed by atoms with Gasteiger partial charge in [0.2, 0.25) is 0 Å². The van der Waals surface area contributed by atoms with Crippen molar-refractivity contribution in [2.45, 2.75) is 72.1 Å². The third-order valence-corrected chi connectivity index (χ3v) is 4.52. The van der Waals surface area contributed by atoms with Crippen LogP contribution in [0.15, 0.2) is 35.6 Å². The number of carbonyl (C=O) groups excluding carboxylic acids is 1. The summed E-state index contributed by atoms with van der Waals surface area (Å²) in [5.74, 6) is 1.44. The van der Waals surface area contributed by atoms with Crippen molar-refractivity contribution in [3.8, 4) is 11.4 Å². The van der Waals surface area contributed by atoms with Crippen LogP contribution in [-0.2, 0) is 11.3 Å². The van der Waals surface area contributed by atoms with E-state index >= 15 is 0 Å². The van der Waals surface area contributed by atoms with Crippen LogP contribution in [0.25, 0.3) is 11.4 Å². The molecular weight excluding hydrogens is 533 g/mol. The average Bonchev–Trinajstić information content (AvgIpc) is 3.28. The van der Waals surface area contributed by atoms with Crippen LogP contribution in [0.2, 0.25) is 0 Å². The molecule has 0 fully saturated rings. The molecule has 33 heavy (non-hydrogen) atoms. The molecule has 0 saturated carbocycles. The Morgan fingerprint density at radius 3 is 2.67 bits per heavy atom. The zero-order chi connectivity index (χ0) is 23.4. The average molecular weight is 572 g/mol. The molecule has 0 bridgehead atoms. The van der Waals surface area contributed by atoms with E-state index in [0.717, 1.165) is 42.8 Å². The summed E-state index contributed by atoms with van der Waals surface area (Å²) >= 11 is 0. The number of guanidine groups is 1. The maximum atomic E-state index is 12.1. The van der Waals surface area contributed by atoms with E-state index in [1.165, 1.54) is 6.33 Å². The van der Waals surface area contributed by atoms with E-state index in [9.17, 15) is 4.79 Å². The molecule has 1 atom stereocenters. The molecule has 0 aliphatic heterocycles. The van der Waals surface area contributed by atoms with Crippen LogP contribution >= 0.6 is 24.0 Å². The molecule has 2 aromatic rings. The third-order valence-electron chi connectivity index (χ3n) is 4.52. The van der Waals surface area contributed by atoms with E-state index in [0.29, 0.717) is 19.0 Å². The van der Waals surface area contributed by atoms with E-state index < -0.39 is 11.7 Å². The number of aromatic amines is 1. The molecule has 1 unspecified atom stereocenters. The molecule has 4 N–H and O–H groups in total. The van der Waals surface area contributed by atoms with Crippen LogP contribution in [0.4, 0.5) is 4.79 Å². The van der Waals surface area contributed by atoms with Crippen LogP contribution in [0.1, 0.15) is 59.4 Å². The third kappa shape index (κ3) is 11.4. The quantitative estimate of drug-likeness (QED) is 0.193. The number of amides is 1. The fourth-order valence-electron chi connectivity index (χ4n) is 3.04. The van der Waals surface area contributed by atoms with E-state index in [-0.39, 0.29) is 30.0 Å². The molecule has 0 aliphatic carbocycles. The summed E-state index contributed by atoms with van der Waals surface area (Å²) in [5, 5.41) is 16.4. The zero-order valence-electron chi connectivity index (χ0n) is 20.3. The smallest absolute Gasteiger partial charge is 0.407 e. The standard InChI is InChI=1S/C23H37N7O2.HI/c1-6-8-12-19(15-26-22(31)32-23(3,4)5)29-21(24-7-2)25-14-17-10-9-11-18(13-17)20-27-16-28-30-20;/h9-11,13,16,19H,6-8,12,14-15H2,1-5H3,(H,26,31)(H2,24,25,29)(H,27,28,30);1H. The van der Waals surface area contributed by atoms with Gasteiger partial charge in [0.25, 0.3) is 0 Å². The largest absolute Gasteiger partial charge is 0.444 e. The van der Waals surface area contributed by atoms with Crippen molar-refractivity contribution in [3.63, 3.8) is 0 Å². The number of carbonyl (C=O) groups is 1.